The second kappa shape index (κ2) is 9.19. The van der Waals surface area contributed by atoms with Crippen molar-refractivity contribution in [1.29, 1.82) is 0 Å². The average Bonchev–Trinajstić information content (AvgIpc) is 3.61. The van der Waals surface area contributed by atoms with Gasteiger partial charge in [-0.2, -0.15) is 0 Å². The first-order valence-electron chi connectivity index (χ1n) is 11.5. The number of furan rings is 1. The zero-order valence-electron chi connectivity index (χ0n) is 19.7. The molecule has 0 aliphatic carbocycles. The highest BCUT2D eigenvalue weighted by atomic mass is 16.6. The van der Waals surface area contributed by atoms with Crippen LogP contribution in [-0.4, -0.2) is 26.0 Å². The third kappa shape index (κ3) is 4.31. The van der Waals surface area contributed by atoms with Crippen molar-refractivity contribution in [2.75, 3.05) is 5.32 Å². The minimum Gasteiger partial charge on any atom is -0.451 e. The van der Waals surface area contributed by atoms with Crippen LogP contribution in [0.1, 0.15) is 10.4 Å². The minimum absolute atomic E-state index is 0.202. The van der Waals surface area contributed by atoms with Crippen molar-refractivity contribution in [3.8, 4) is 23.1 Å². The normalized spacial score (nSPS) is 11.1. The number of fused-ring (bicyclic) bond motifs is 3. The van der Waals surface area contributed by atoms with Gasteiger partial charge < -0.3 is 14.2 Å². The molecule has 2 heterocycles. The number of nitro groups is 2. The highest BCUT2D eigenvalue weighted by Gasteiger charge is 2.24. The van der Waals surface area contributed by atoms with E-state index >= 15 is 0 Å². The molecule has 0 aliphatic heterocycles. The van der Waals surface area contributed by atoms with E-state index < -0.39 is 27.1 Å². The van der Waals surface area contributed by atoms with Gasteiger partial charge >= 0.3 is 0 Å². The van der Waals surface area contributed by atoms with Gasteiger partial charge in [0.05, 0.1) is 15.9 Å². The topological polar surface area (TPSA) is 167 Å². The number of non-ortho nitro benzene ring substituents is 1. The highest BCUT2D eigenvalue weighted by molar-refractivity contribution is 6.08. The maximum atomic E-state index is 12.7. The van der Waals surface area contributed by atoms with Crippen molar-refractivity contribution in [2.45, 2.75) is 0 Å². The van der Waals surface area contributed by atoms with Crippen LogP contribution in [0.5, 0.6) is 0 Å². The highest BCUT2D eigenvalue weighted by Crippen LogP contribution is 2.33. The van der Waals surface area contributed by atoms with Crippen LogP contribution in [0.2, 0.25) is 0 Å². The summed E-state index contributed by atoms with van der Waals surface area (Å²) in [5, 5.41) is 36.1. The van der Waals surface area contributed by atoms with Crippen molar-refractivity contribution in [3.05, 3.63) is 111 Å². The summed E-state index contributed by atoms with van der Waals surface area (Å²) in [4.78, 5) is 33.3. The predicted octanol–water partition coefficient (Wildman–Crippen LogP) is 6.37. The summed E-state index contributed by atoms with van der Waals surface area (Å²) in [5.41, 5.74) is 0.120. The van der Waals surface area contributed by atoms with E-state index in [4.69, 9.17) is 8.83 Å². The Morgan fingerprint density at radius 2 is 1.54 bits per heavy atom. The van der Waals surface area contributed by atoms with E-state index in [1.165, 1.54) is 0 Å². The van der Waals surface area contributed by atoms with Gasteiger partial charge in [0.1, 0.15) is 11.1 Å². The lowest BCUT2D eigenvalue weighted by Gasteiger charge is -2.06. The molecule has 0 unspecified atom stereocenters. The number of carbonyl (C=O) groups is 1. The summed E-state index contributed by atoms with van der Waals surface area (Å²) >= 11 is 0. The minimum atomic E-state index is -0.845. The van der Waals surface area contributed by atoms with E-state index in [9.17, 15) is 25.0 Å². The van der Waals surface area contributed by atoms with Crippen LogP contribution in [0.25, 0.3) is 44.8 Å². The van der Waals surface area contributed by atoms with Gasteiger partial charge in [-0.1, -0.05) is 30.3 Å². The van der Waals surface area contributed by atoms with E-state index in [0.717, 1.165) is 34.4 Å². The Labute approximate surface area is 217 Å². The average molecular weight is 521 g/mol. The molecular formula is C27H15N5O7. The Balaban J connectivity index is 1.22. The SMILES string of the molecule is O=C(Nc1ccc(-c2nnc(-c3cc4c(ccc5ccccc54)o3)o2)cc1)c1ccc([N+](=O)[O-])cc1[N+](=O)[O-]. The number of anilines is 1. The Morgan fingerprint density at radius 1 is 0.769 bits per heavy atom. The first kappa shape index (κ1) is 23.5. The zero-order valence-corrected chi connectivity index (χ0v) is 19.7. The maximum Gasteiger partial charge on any atom is 0.289 e. The van der Waals surface area contributed by atoms with E-state index in [2.05, 4.69) is 15.5 Å². The number of nitrogens with zero attached hydrogens (tertiary/aromatic N) is 4. The molecule has 6 aromatic rings. The lowest BCUT2D eigenvalue weighted by molar-refractivity contribution is -0.394. The Kier molecular flexibility index (Phi) is 5.54. The number of nitrogens with one attached hydrogen (secondary N) is 1. The van der Waals surface area contributed by atoms with Crippen molar-refractivity contribution < 1.29 is 23.5 Å². The molecule has 0 spiro atoms. The number of amides is 1. The molecule has 6 rings (SSSR count). The molecule has 12 nitrogen and oxygen atoms in total. The number of nitro benzene ring substituents is 2. The number of rotatable bonds is 6. The van der Waals surface area contributed by atoms with Crippen molar-refractivity contribution >= 4 is 44.7 Å². The molecule has 2 aromatic heterocycles. The van der Waals surface area contributed by atoms with E-state index in [-0.39, 0.29) is 17.3 Å². The van der Waals surface area contributed by atoms with Crippen LogP contribution in [-0.2, 0) is 0 Å². The predicted molar refractivity (Wildman–Crippen MR) is 140 cm³/mol. The smallest absolute Gasteiger partial charge is 0.289 e. The summed E-state index contributed by atoms with van der Waals surface area (Å²) in [6.45, 7) is 0. The van der Waals surface area contributed by atoms with Crippen LogP contribution in [0.15, 0.2) is 93.8 Å². The summed E-state index contributed by atoms with van der Waals surface area (Å²) in [7, 11) is 0. The van der Waals surface area contributed by atoms with Gasteiger partial charge in [-0.05, 0) is 53.2 Å². The summed E-state index contributed by atoms with van der Waals surface area (Å²) in [6, 6.07) is 22.9. The van der Waals surface area contributed by atoms with Crippen molar-refractivity contribution in [2.24, 2.45) is 0 Å². The third-order valence-corrected chi connectivity index (χ3v) is 6.08. The molecule has 1 amide bonds. The first-order chi connectivity index (χ1) is 18.9. The van der Waals surface area contributed by atoms with Gasteiger partial charge in [0.25, 0.3) is 23.2 Å². The molecule has 0 atom stereocenters. The molecule has 0 fully saturated rings. The largest absolute Gasteiger partial charge is 0.451 e. The van der Waals surface area contributed by atoms with Crippen molar-refractivity contribution in [3.63, 3.8) is 0 Å². The quantitative estimate of drug-likeness (QED) is 0.193. The molecule has 12 heteroatoms. The van der Waals surface area contributed by atoms with Gasteiger partial charge in [0, 0.05) is 22.7 Å². The Hall–Kier alpha value is -5.91. The summed E-state index contributed by atoms with van der Waals surface area (Å²) in [6.07, 6.45) is 0. The Bertz CT molecular complexity index is 1920. The maximum absolute atomic E-state index is 12.7. The van der Waals surface area contributed by atoms with E-state index in [0.29, 0.717) is 22.6 Å². The number of hydrogen-bond acceptors (Lipinski definition) is 9. The standard InChI is InChI=1S/C27H15N5O7/c33-25(20-11-10-18(31(34)35)13-22(20)32(36)37)28-17-8-5-16(6-9-17)26-29-30-27(39-26)24-14-21-19-4-2-1-3-15(19)7-12-23(21)38-24/h1-14H,(H,28,33). The second-order valence-electron chi connectivity index (χ2n) is 8.47. The van der Waals surface area contributed by atoms with Gasteiger partial charge in [-0.15, -0.1) is 10.2 Å². The fraction of sp³-hybridized carbons (Fsp3) is 0. The monoisotopic (exact) mass is 521 g/mol. The third-order valence-electron chi connectivity index (χ3n) is 6.08. The van der Waals surface area contributed by atoms with Gasteiger partial charge in [0.2, 0.25) is 5.89 Å². The Morgan fingerprint density at radius 3 is 2.31 bits per heavy atom. The molecule has 0 radical (unpaired) electrons. The number of aromatic nitrogens is 2. The van der Waals surface area contributed by atoms with Crippen LogP contribution in [0.3, 0.4) is 0 Å². The van der Waals surface area contributed by atoms with Gasteiger partial charge in [-0.25, -0.2) is 0 Å². The van der Waals surface area contributed by atoms with E-state index in [1.807, 2.05) is 42.5 Å². The first-order valence-corrected chi connectivity index (χ1v) is 11.5. The van der Waals surface area contributed by atoms with Crippen LogP contribution in [0.4, 0.5) is 17.1 Å². The second-order valence-corrected chi connectivity index (χ2v) is 8.47. The van der Waals surface area contributed by atoms with E-state index in [1.54, 1.807) is 24.3 Å². The van der Waals surface area contributed by atoms with Crippen LogP contribution < -0.4 is 5.32 Å². The fourth-order valence-electron chi connectivity index (χ4n) is 4.21. The van der Waals surface area contributed by atoms with Crippen LogP contribution in [0, 0.1) is 20.2 Å². The summed E-state index contributed by atoms with van der Waals surface area (Å²) in [5.74, 6) is 0.0582. The van der Waals surface area contributed by atoms with Gasteiger partial charge in [0.15, 0.2) is 5.76 Å². The molecule has 4 aromatic carbocycles. The molecule has 0 aliphatic rings. The number of hydrogen-bond donors (Lipinski definition) is 1. The molecule has 0 saturated carbocycles. The van der Waals surface area contributed by atoms with Crippen LogP contribution >= 0.6 is 0 Å². The molecule has 190 valence electrons. The fourth-order valence-corrected chi connectivity index (χ4v) is 4.21. The van der Waals surface area contributed by atoms with Gasteiger partial charge in [-0.3, -0.25) is 25.0 Å². The molecule has 1 N–H and O–H groups in total. The number of benzene rings is 4. The zero-order chi connectivity index (χ0) is 27.1. The lowest BCUT2D eigenvalue weighted by atomic mass is 10.1. The lowest BCUT2D eigenvalue weighted by Crippen LogP contribution is -2.14. The number of carbonyl (C=O) groups excluding carboxylic acids is 1. The molecule has 0 saturated heterocycles. The molecular weight excluding hydrogens is 506 g/mol. The molecule has 0 bridgehead atoms. The molecule has 39 heavy (non-hydrogen) atoms. The van der Waals surface area contributed by atoms with Crippen molar-refractivity contribution in [1.82, 2.24) is 10.2 Å². The summed E-state index contributed by atoms with van der Waals surface area (Å²) < 4.78 is 11.8.